The molecule has 6 heteroatoms. The van der Waals surface area contributed by atoms with Gasteiger partial charge in [0.2, 0.25) is 0 Å². The molecule has 2 aromatic heterocycles. The summed E-state index contributed by atoms with van der Waals surface area (Å²) in [4.78, 5) is 17.1. The SMILES string of the molecule is Cc1nc(-c2cccc(NC(=O)c3ccc(-c4ccccc4)n3C)c2)n[nH]1. The largest absolute Gasteiger partial charge is 0.340 e. The molecule has 0 saturated heterocycles. The highest BCUT2D eigenvalue weighted by atomic mass is 16.1. The number of anilines is 1. The maximum Gasteiger partial charge on any atom is 0.272 e. The quantitative estimate of drug-likeness (QED) is 0.579. The molecular formula is C21H19N5O. The summed E-state index contributed by atoms with van der Waals surface area (Å²) in [5.41, 5.74) is 4.19. The lowest BCUT2D eigenvalue weighted by molar-refractivity contribution is 0.101. The Hall–Kier alpha value is -3.67. The third kappa shape index (κ3) is 3.37. The smallest absolute Gasteiger partial charge is 0.272 e. The number of nitrogens with zero attached hydrogens (tertiary/aromatic N) is 3. The lowest BCUT2D eigenvalue weighted by Crippen LogP contribution is -2.16. The standard InChI is InChI=1S/C21H19N5O/c1-14-22-20(25-24-14)16-9-6-10-17(13-16)23-21(27)19-12-11-18(26(19)2)15-7-4-3-5-8-15/h3-13H,1-2H3,(H,23,27)(H,22,24,25). The molecule has 0 aliphatic rings. The summed E-state index contributed by atoms with van der Waals surface area (Å²) in [7, 11) is 1.89. The number of carbonyl (C=O) groups excluding carboxylic acids is 1. The first-order valence-corrected chi connectivity index (χ1v) is 8.64. The first-order valence-electron chi connectivity index (χ1n) is 8.64. The minimum Gasteiger partial charge on any atom is -0.340 e. The van der Waals surface area contributed by atoms with Gasteiger partial charge in [-0.2, -0.15) is 5.10 Å². The number of benzene rings is 2. The van der Waals surface area contributed by atoms with Crippen LogP contribution in [-0.2, 0) is 7.05 Å². The molecule has 0 bridgehead atoms. The molecule has 0 atom stereocenters. The Morgan fingerprint density at radius 3 is 2.52 bits per heavy atom. The molecule has 134 valence electrons. The molecule has 0 unspecified atom stereocenters. The molecule has 0 radical (unpaired) electrons. The Bertz CT molecular complexity index is 1090. The molecule has 0 aliphatic heterocycles. The van der Waals surface area contributed by atoms with Gasteiger partial charge in [0.25, 0.3) is 5.91 Å². The number of carbonyl (C=O) groups is 1. The van der Waals surface area contributed by atoms with E-state index in [0.717, 1.165) is 22.6 Å². The zero-order valence-electron chi connectivity index (χ0n) is 15.1. The van der Waals surface area contributed by atoms with Crippen LogP contribution in [0, 0.1) is 6.92 Å². The van der Waals surface area contributed by atoms with Crippen LogP contribution < -0.4 is 5.32 Å². The number of hydrogen-bond donors (Lipinski definition) is 2. The molecule has 2 N–H and O–H groups in total. The minimum atomic E-state index is -0.164. The Kier molecular flexibility index (Phi) is 4.30. The molecule has 1 amide bonds. The first kappa shape index (κ1) is 16.8. The van der Waals surface area contributed by atoms with Gasteiger partial charge in [0.15, 0.2) is 5.82 Å². The van der Waals surface area contributed by atoms with Crippen molar-refractivity contribution >= 4 is 11.6 Å². The molecule has 4 aromatic rings. The number of rotatable bonds is 4. The number of hydrogen-bond acceptors (Lipinski definition) is 3. The zero-order valence-corrected chi connectivity index (χ0v) is 15.1. The summed E-state index contributed by atoms with van der Waals surface area (Å²) in [6, 6.07) is 21.3. The highest BCUT2D eigenvalue weighted by Crippen LogP contribution is 2.23. The fourth-order valence-corrected chi connectivity index (χ4v) is 3.04. The van der Waals surface area contributed by atoms with E-state index in [1.165, 1.54) is 0 Å². The van der Waals surface area contributed by atoms with Gasteiger partial charge in [-0.1, -0.05) is 42.5 Å². The van der Waals surface area contributed by atoms with Crippen LogP contribution in [0.2, 0.25) is 0 Å². The van der Waals surface area contributed by atoms with Gasteiger partial charge in [0.1, 0.15) is 11.5 Å². The van der Waals surface area contributed by atoms with E-state index >= 15 is 0 Å². The Labute approximate surface area is 156 Å². The molecule has 0 spiro atoms. The molecule has 0 saturated carbocycles. The summed E-state index contributed by atoms with van der Waals surface area (Å²) in [6.45, 7) is 1.85. The number of aryl methyl sites for hydroxylation is 1. The highest BCUT2D eigenvalue weighted by molar-refractivity contribution is 6.04. The van der Waals surface area contributed by atoms with Crippen LogP contribution in [0.25, 0.3) is 22.6 Å². The zero-order chi connectivity index (χ0) is 18.8. The van der Waals surface area contributed by atoms with E-state index in [-0.39, 0.29) is 5.91 Å². The van der Waals surface area contributed by atoms with Crippen molar-refractivity contribution in [3.63, 3.8) is 0 Å². The predicted octanol–water partition coefficient (Wildman–Crippen LogP) is 4.04. The van der Waals surface area contributed by atoms with Gasteiger partial charge in [-0.3, -0.25) is 9.89 Å². The van der Waals surface area contributed by atoms with Gasteiger partial charge in [0.05, 0.1) is 0 Å². The van der Waals surface area contributed by atoms with Gasteiger partial charge >= 0.3 is 0 Å². The van der Waals surface area contributed by atoms with E-state index in [1.807, 2.05) is 85.3 Å². The number of amides is 1. The Morgan fingerprint density at radius 2 is 1.78 bits per heavy atom. The fraction of sp³-hybridized carbons (Fsp3) is 0.0952. The van der Waals surface area contributed by atoms with E-state index in [4.69, 9.17) is 0 Å². The van der Waals surface area contributed by atoms with Crippen molar-refractivity contribution in [2.24, 2.45) is 7.05 Å². The van der Waals surface area contributed by atoms with E-state index in [1.54, 1.807) is 0 Å². The third-order valence-electron chi connectivity index (χ3n) is 4.40. The molecule has 27 heavy (non-hydrogen) atoms. The lowest BCUT2D eigenvalue weighted by atomic mass is 10.2. The minimum absolute atomic E-state index is 0.164. The van der Waals surface area contributed by atoms with Gasteiger partial charge < -0.3 is 9.88 Å². The molecule has 0 fully saturated rings. The van der Waals surface area contributed by atoms with E-state index < -0.39 is 0 Å². The average Bonchev–Trinajstić information content (AvgIpc) is 3.28. The van der Waals surface area contributed by atoms with Crippen LogP contribution in [0.3, 0.4) is 0 Å². The first-order chi connectivity index (χ1) is 13.1. The van der Waals surface area contributed by atoms with Crippen LogP contribution in [0.5, 0.6) is 0 Å². The normalized spacial score (nSPS) is 10.7. The maximum absolute atomic E-state index is 12.8. The fourth-order valence-electron chi connectivity index (χ4n) is 3.04. The number of aromatic nitrogens is 4. The summed E-state index contributed by atoms with van der Waals surface area (Å²) in [6.07, 6.45) is 0. The lowest BCUT2D eigenvalue weighted by Gasteiger charge is -2.09. The second kappa shape index (κ2) is 6.92. The highest BCUT2D eigenvalue weighted by Gasteiger charge is 2.14. The van der Waals surface area contributed by atoms with Crippen molar-refractivity contribution < 1.29 is 4.79 Å². The summed E-state index contributed by atoms with van der Waals surface area (Å²) in [5, 5.41) is 9.94. The van der Waals surface area contributed by atoms with Crippen LogP contribution >= 0.6 is 0 Å². The second-order valence-corrected chi connectivity index (χ2v) is 6.31. The van der Waals surface area contributed by atoms with Crippen LogP contribution in [-0.4, -0.2) is 25.7 Å². The van der Waals surface area contributed by atoms with E-state index in [9.17, 15) is 4.79 Å². The van der Waals surface area contributed by atoms with Crippen LogP contribution in [0.15, 0.2) is 66.7 Å². The van der Waals surface area contributed by atoms with Gasteiger partial charge in [-0.05, 0) is 36.8 Å². The number of aromatic amines is 1. The van der Waals surface area contributed by atoms with Crippen molar-refractivity contribution in [1.82, 2.24) is 19.7 Å². The Morgan fingerprint density at radius 1 is 1.00 bits per heavy atom. The summed E-state index contributed by atoms with van der Waals surface area (Å²) in [5.74, 6) is 1.19. The average molecular weight is 357 g/mol. The molecule has 6 nitrogen and oxygen atoms in total. The van der Waals surface area contributed by atoms with E-state index in [0.29, 0.717) is 17.2 Å². The topological polar surface area (TPSA) is 75.6 Å². The number of H-pyrrole nitrogens is 1. The Balaban J connectivity index is 1.58. The monoisotopic (exact) mass is 357 g/mol. The molecule has 0 aliphatic carbocycles. The molecule has 4 rings (SSSR count). The molecule has 2 aromatic carbocycles. The summed E-state index contributed by atoms with van der Waals surface area (Å²) >= 11 is 0. The second-order valence-electron chi connectivity index (χ2n) is 6.31. The summed E-state index contributed by atoms with van der Waals surface area (Å²) < 4.78 is 1.90. The van der Waals surface area contributed by atoms with Crippen molar-refractivity contribution in [3.05, 3.63) is 78.2 Å². The van der Waals surface area contributed by atoms with Gasteiger partial charge in [0, 0.05) is 24.0 Å². The van der Waals surface area contributed by atoms with Gasteiger partial charge in [-0.15, -0.1) is 0 Å². The van der Waals surface area contributed by atoms with Crippen molar-refractivity contribution in [2.75, 3.05) is 5.32 Å². The van der Waals surface area contributed by atoms with Crippen molar-refractivity contribution in [1.29, 1.82) is 0 Å². The number of nitrogens with one attached hydrogen (secondary N) is 2. The maximum atomic E-state index is 12.8. The van der Waals surface area contributed by atoms with Crippen LogP contribution in [0.1, 0.15) is 16.3 Å². The van der Waals surface area contributed by atoms with Gasteiger partial charge in [-0.25, -0.2) is 4.98 Å². The predicted molar refractivity (Wildman–Crippen MR) is 105 cm³/mol. The van der Waals surface area contributed by atoms with E-state index in [2.05, 4.69) is 20.5 Å². The third-order valence-corrected chi connectivity index (χ3v) is 4.40. The molecular weight excluding hydrogens is 338 g/mol. The molecule has 2 heterocycles. The van der Waals surface area contributed by atoms with Crippen LogP contribution in [0.4, 0.5) is 5.69 Å². The van der Waals surface area contributed by atoms with Crippen molar-refractivity contribution in [3.8, 4) is 22.6 Å². The van der Waals surface area contributed by atoms with Crippen molar-refractivity contribution in [2.45, 2.75) is 6.92 Å².